The van der Waals surface area contributed by atoms with E-state index < -0.39 is 0 Å². The van der Waals surface area contributed by atoms with Gasteiger partial charge in [0, 0.05) is 18.0 Å². The first-order chi connectivity index (χ1) is 12.1. The van der Waals surface area contributed by atoms with Crippen LogP contribution >= 0.6 is 11.3 Å². The van der Waals surface area contributed by atoms with Crippen LogP contribution < -0.4 is 5.56 Å². The van der Waals surface area contributed by atoms with E-state index in [0.717, 1.165) is 27.9 Å². The van der Waals surface area contributed by atoms with Crippen LogP contribution in [0.4, 0.5) is 0 Å². The van der Waals surface area contributed by atoms with Crippen LogP contribution in [0, 0.1) is 0 Å². The van der Waals surface area contributed by atoms with Crippen molar-refractivity contribution in [1.82, 2.24) is 14.7 Å². The zero-order valence-electron chi connectivity index (χ0n) is 14.4. The van der Waals surface area contributed by atoms with Crippen molar-refractivity contribution in [2.24, 2.45) is 0 Å². The van der Waals surface area contributed by atoms with Crippen molar-refractivity contribution in [1.29, 1.82) is 0 Å². The van der Waals surface area contributed by atoms with Gasteiger partial charge in [0.2, 0.25) is 0 Å². The number of morpholine rings is 1. The summed E-state index contributed by atoms with van der Waals surface area (Å²) in [7, 11) is 0. The first-order valence-corrected chi connectivity index (χ1v) is 9.41. The van der Waals surface area contributed by atoms with E-state index in [-0.39, 0.29) is 17.7 Å². The van der Waals surface area contributed by atoms with Crippen LogP contribution in [0.15, 0.2) is 46.6 Å². The molecule has 1 saturated heterocycles. The molecule has 0 aliphatic carbocycles. The smallest absolute Gasteiger partial charge is 0.275 e. The lowest BCUT2D eigenvalue weighted by atomic mass is 10.1. The van der Waals surface area contributed by atoms with Gasteiger partial charge in [-0.3, -0.25) is 9.69 Å². The SMILES string of the molecule is C[C@H]1CN(Cn2nc(-c3cccs3)c3ccccc3c2=O)[C@@H](C)CO1. The van der Waals surface area contributed by atoms with Crippen molar-refractivity contribution in [2.45, 2.75) is 32.7 Å². The lowest BCUT2D eigenvalue weighted by Crippen LogP contribution is -2.49. The molecule has 0 amide bonds. The van der Waals surface area contributed by atoms with Crippen molar-refractivity contribution in [3.05, 3.63) is 52.1 Å². The fourth-order valence-electron chi connectivity index (χ4n) is 3.27. The molecule has 0 bridgehead atoms. The third-order valence-electron chi connectivity index (χ3n) is 4.67. The van der Waals surface area contributed by atoms with E-state index in [1.165, 1.54) is 0 Å². The zero-order chi connectivity index (χ0) is 17.4. The Bertz CT molecular complexity index is 935. The summed E-state index contributed by atoms with van der Waals surface area (Å²) in [6.45, 7) is 6.15. The first-order valence-electron chi connectivity index (χ1n) is 8.53. The molecule has 2 atom stereocenters. The van der Waals surface area contributed by atoms with Crippen molar-refractivity contribution >= 4 is 22.1 Å². The zero-order valence-corrected chi connectivity index (χ0v) is 15.2. The van der Waals surface area contributed by atoms with E-state index in [9.17, 15) is 4.79 Å². The largest absolute Gasteiger partial charge is 0.376 e. The van der Waals surface area contributed by atoms with Crippen molar-refractivity contribution in [3.63, 3.8) is 0 Å². The van der Waals surface area contributed by atoms with Crippen molar-refractivity contribution < 1.29 is 4.74 Å². The molecule has 1 aliphatic rings. The van der Waals surface area contributed by atoms with E-state index in [2.05, 4.69) is 18.7 Å². The molecule has 6 heteroatoms. The third kappa shape index (κ3) is 3.13. The summed E-state index contributed by atoms with van der Waals surface area (Å²) in [5, 5.41) is 8.39. The lowest BCUT2D eigenvalue weighted by molar-refractivity contribution is -0.0627. The minimum absolute atomic E-state index is 0.0396. The summed E-state index contributed by atoms with van der Waals surface area (Å²) >= 11 is 1.64. The summed E-state index contributed by atoms with van der Waals surface area (Å²) < 4.78 is 7.30. The van der Waals surface area contributed by atoms with Gasteiger partial charge in [-0.25, -0.2) is 4.68 Å². The predicted octanol–water partition coefficient (Wildman–Crippen LogP) is 3.19. The molecular weight excluding hydrogens is 334 g/mol. The summed E-state index contributed by atoms with van der Waals surface area (Å²) in [4.78, 5) is 16.3. The topological polar surface area (TPSA) is 47.4 Å². The van der Waals surface area contributed by atoms with Crippen LogP contribution in [0.3, 0.4) is 0 Å². The molecule has 1 fully saturated rings. The molecule has 0 unspecified atom stereocenters. The molecule has 3 aromatic rings. The van der Waals surface area contributed by atoms with Gasteiger partial charge in [-0.2, -0.15) is 5.10 Å². The second-order valence-electron chi connectivity index (χ2n) is 6.58. The van der Waals surface area contributed by atoms with Crippen LogP contribution in [0.25, 0.3) is 21.3 Å². The molecule has 25 heavy (non-hydrogen) atoms. The van der Waals surface area contributed by atoms with Crippen LogP contribution in [0.5, 0.6) is 0 Å². The van der Waals surface area contributed by atoms with E-state index in [0.29, 0.717) is 13.3 Å². The minimum Gasteiger partial charge on any atom is -0.376 e. The van der Waals surface area contributed by atoms with E-state index >= 15 is 0 Å². The Labute approximate surface area is 150 Å². The van der Waals surface area contributed by atoms with Gasteiger partial charge >= 0.3 is 0 Å². The molecule has 0 saturated carbocycles. The number of hydrogen-bond donors (Lipinski definition) is 0. The Balaban J connectivity index is 1.81. The van der Waals surface area contributed by atoms with Gasteiger partial charge in [0.05, 0.1) is 29.6 Å². The van der Waals surface area contributed by atoms with Crippen molar-refractivity contribution in [2.75, 3.05) is 13.2 Å². The van der Waals surface area contributed by atoms with E-state index in [1.807, 2.05) is 41.8 Å². The Hall–Kier alpha value is -2.02. The molecule has 2 aromatic heterocycles. The minimum atomic E-state index is -0.0396. The summed E-state index contributed by atoms with van der Waals surface area (Å²) in [6, 6.07) is 12.1. The molecule has 130 valence electrons. The quantitative estimate of drug-likeness (QED) is 0.724. The summed E-state index contributed by atoms with van der Waals surface area (Å²) in [5.74, 6) is 0. The number of hydrogen-bond acceptors (Lipinski definition) is 5. The van der Waals surface area contributed by atoms with Gasteiger partial charge < -0.3 is 4.74 Å². The van der Waals surface area contributed by atoms with Gasteiger partial charge in [-0.1, -0.05) is 24.3 Å². The number of fused-ring (bicyclic) bond motifs is 1. The molecule has 1 aromatic carbocycles. The van der Waals surface area contributed by atoms with E-state index in [4.69, 9.17) is 9.84 Å². The number of aromatic nitrogens is 2. The Morgan fingerprint density at radius 2 is 2.00 bits per heavy atom. The number of benzene rings is 1. The Morgan fingerprint density at radius 1 is 1.20 bits per heavy atom. The molecular formula is C19H21N3O2S. The maximum absolute atomic E-state index is 13.0. The lowest BCUT2D eigenvalue weighted by Gasteiger charge is -2.36. The highest BCUT2D eigenvalue weighted by Crippen LogP contribution is 2.28. The summed E-state index contributed by atoms with van der Waals surface area (Å²) in [5.41, 5.74) is 0.835. The van der Waals surface area contributed by atoms with Crippen LogP contribution in [0.2, 0.25) is 0 Å². The average Bonchev–Trinajstić information content (AvgIpc) is 3.15. The normalized spacial score (nSPS) is 21.7. The van der Waals surface area contributed by atoms with Crippen molar-refractivity contribution in [3.8, 4) is 10.6 Å². The second kappa shape index (κ2) is 6.71. The Kier molecular flexibility index (Phi) is 4.41. The first kappa shape index (κ1) is 16.4. The maximum atomic E-state index is 13.0. The molecule has 0 radical (unpaired) electrons. The molecule has 5 nitrogen and oxygen atoms in total. The molecule has 0 N–H and O–H groups in total. The highest BCUT2D eigenvalue weighted by Gasteiger charge is 2.24. The second-order valence-corrected chi connectivity index (χ2v) is 7.53. The standard InChI is InChI=1S/C19H21N3O2S/c1-13-11-24-14(2)10-21(13)12-22-19(23)16-7-4-3-6-15(16)18(20-22)17-8-5-9-25-17/h3-9,13-14H,10-12H2,1-2H3/t13-,14-/m0/s1. The molecule has 3 heterocycles. The van der Waals surface area contributed by atoms with Gasteiger partial charge in [-0.15, -0.1) is 11.3 Å². The van der Waals surface area contributed by atoms with Crippen LogP contribution in [-0.4, -0.2) is 40.0 Å². The van der Waals surface area contributed by atoms with Gasteiger partial charge in [0.15, 0.2) is 0 Å². The van der Waals surface area contributed by atoms with Crippen LogP contribution in [0.1, 0.15) is 13.8 Å². The van der Waals surface area contributed by atoms with E-state index in [1.54, 1.807) is 16.0 Å². The monoisotopic (exact) mass is 355 g/mol. The highest BCUT2D eigenvalue weighted by molar-refractivity contribution is 7.13. The maximum Gasteiger partial charge on any atom is 0.275 e. The molecule has 4 rings (SSSR count). The number of nitrogens with zero attached hydrogens (tertiary/aromatic N) is 3. The third-order valence-corrected chi connectivity index (χ3v) is 5.55. The fourth-order valence-corrected chi connectivity index (χ4v) is 3.99. The molecule has 0 spiro atoms. The molecule has 1 aliphatic heterocycles. The predicted molar refractivity (Wildman–Crippen MR) is 101 cm³/mol. The number of thiophene rings is 1. The summed E-state index contributed by atoms with van der Waals surface area (Å²) in [6.07, 6.45) is 0.170. The van der Waals surface area contributed by atoms with Gasteiger partial charge in [0.25, 0.3) is 5.56 Å². The number of ether oxygens (including phenoxy) is 1. The fraction of sp³-hybridized carbons (Fsp3) is 0.368. The van der Waals surface area contributed by atoms with Crippen LogP contribution in [-0.2, 0) is 11.4 Å². The van der Waals surface area contributed by atoms with Gasteiger partial charge in [0.1, 0.15) is 5.69 Å². The Morgan fingerprint density at radius 3 is 2.76 bits per heavy atom. The van der Waals surface area contributed by atoms with Gasteiger partial charge in [-0.05, 0) is 31.4 Å². The number of rotatable bonds is 3. The highest BCUT2D eigenvalue weighted by atomic mass is 32.1. The average molecular weight is 355 g/mol.